The van der Waals surface area contributed by atoms with Crippen molar-refractivity contribution < 1.29 is 9.72 Å². The number of nitrogens with one attached hydrogen (secondary N) is 1. The molecule has 0 heterocycles. The van der Waals surface area contributed by atoms with E-state index in [-0.39, 0.29) is 27.3 Å². The number of fused-ring (bicyclic) bond motifs is 1. The molecule has 3 unspecified atom stereocenters. The number of alkyl halides is 1. The van der Waals surface area contributed by atoms with E-state index in [2.05, 4.69) is 57.9 Å². The second kappa shape index (κ2) is 5.02. The van der Waals surface area contributed by atoms with E-state index in [4.69, 9.17) is 0 Å². The van der Waals surface area contributed by atoms with Gasteiger partial charge in [-0.05, 0) is 45.7 Å². The van der Waals surface area contributed by atoms with Gasteiger partial charge in [0.1, 0.15) is 0 Å². The number of nitrogens with zero attached hydrogens (tertiary/aromatic N) is 1. The van der Waals surface area contributed by atoms with E-state index in [0.717, 1.165) is 12.8 Å². The van der Waals surface area contributed by atoms with Crippen molar-refractivity contribution in [1.29, 1.82) is 0 Å². The van der Waals surface area contributed by atoms with Crippen LogP contribution < -0.4 is 5.32 Å². The van der Waals surface area contributed by atoms with Crippen molar-refractivity contribution in [2.24, 2.45) is 16.2 Å². The van der Waals surface area contributed by atoms with Crippen LogP contribution in [0.15, 0.2) is 22.7 Å². The van der Waals surface area contributed by atoms with Gasteiger partial charge in [0.15, 0.2) is 0 Å². The molecule has 3 fully saturated rings. The summed E-state index contributed by atoms with van der Waals surface area (Å²) in [5, 5.41) is 13.9. The van der Waals surface area contributed by atoms with Gasteiger partial charge in [0.05, 0.1) is 16.0 Å². The van der Waals surface area contributed by atoms with E-state index in [1.807, 2.05) is 0 Å². The highest BCUT2D eigenvalue weighted by Gasteiger charge is 2.80. The molecule has 3 saturated carbocycles. The fourth-order valence-corrected chi connectivity index (χ4v) is 6.57. The molecule has 0 aliphatic heterocycles. The molecule has 7 heteroatoms. The SMILES string of the molecule is CC12CCC(C(=O)Nc3cc([N+](=O)[O-])ccc3Br)(C1Br)C2(C)C. The van der Waals surface area contributed by atoms with Crippen molar-refractivity contribution in [3.05, 3.63) is 32.8 Å². The average Bonchev–Trinajstić information content (AvgIpc) is 2.88. The molecular formula is C16H18Br2N2O3. The number of hydrogen-bond acceptors (Lipinski definition) is 3. The monoisotopic (exact) mass is 444 g/mol. The van der Waals surface area contributed by atoms with Crippen LogP contribution in [0.5, 0.6) is 0 Å². The molecule has 5 nitrogen and oxygen atoms in total. The van der Waals surface area contributed by atoms with E-state index in [1.165, 1.54) is 12.1 Å². The Morgan fingerprint density at radius 1 is 1.35 bits per heavy atom. The van der Waals surface area contributed by atoms with Crippen LogP contribution in [0, 0.1) is 26.4 Å². The first-order valence-corrected chi connectivity index (χ1v) is 9.18. The number of rotatable bonds is 3. The second-order valence-electron chi connectivity index (χ2n) is 7.25. The van der Waals surface area contributed by atoms with Crippen LogP contribution in [-0.2, 0) is 4.79 Å². The molecule has 124 valence electrons. The molecular weight excluding hydrogens is 428 g/mol. The lowest BCUT2D eigenvalue weighted by molar-refractivity contribution is -0.384. The van der Waals surface area contributed by atoms with Gasteiger partial charge in [0, 0.05) is 21.4 Å². The lowest BCUT2D eigenvalue weighted by Gasteiger charge is -2.64. The number of anilines is 1. The number of halogens is 2. The Bertz CT molecular complexity index is 721. The molecule has 23 heavy (non-hydrogen) atoms. The van der Waals surface area contributed by atoms with Crippen LogP contribution in [0.2, 0.25) is 0 Å². The maximum atomic E-state index is 13.0. The Hall–Kier alpha value is -0.950. The molecule has 0 spiro atoms. The molecule has 1 amide bonds. The number of carbonyl (C=O) groups excluding carboxylic acids is 1. The number of nitro benzene ring substituents is 1. The van der Waals surface area contributed by atoms with Gasteiger partial charge in [-0.15, -0.1) is 0 Å². The normalized spacial score (nSPS) is 33.9. The van der Waals surface area contributed by atoms with Gasteiger partial charge >= 0.3 is 0 Å². The highest BCUT2D eigenvalue weighted by Crippen LogP contribution is 2.79. The number of nitro groups is 1. The molecule has 1 aromatic carbocycles. The largest absolute Gasteiger partial charge is 0.324 e. The van der Waals surface area contributed by atoms with Crippen molar-refractivity contribution in [3.63, 3.8) is 0 Å². The zero-order chi connectivity index (χ0) is 17.2. The minimum absolute atomic E-state index is 0.0412. The number of hydrogen-bond donors (Lipinski definition) is 1. The maximum Gasteiger partial charge on any atom is 0.271 e. The molecule has 1 aromatic rings. The zero-order valence-corrected chi connectivity index (χ0v) is 16.3. The number of amides is 1. The Kier molecular flexibility index (Phi) is 3.69. The summed E-state index contributed by atoms with van der Waals surface area (Å²) in [7, 11) is 0. The van der Waals surface area contributed by atoms with Crippen molar-refractivity contribution in [1.82, 2.24) is 0 Å². The van der Waals surface area contributed by atoms with Crippen LogP contribution in [-0.4, -0.2) is 15.7 Å². The highest BCUT2D eigenvalue weighted by molar-refractivity contribution is 9.10. The maximum absolute atomic E-state index is 13.0. The third-order valence-corrected chi connectivity index (χ3v) is 8.87. The van der Waals surface area contributed by atoms with Gasteiger partial charge in [-0.3, -0.25) is 14.9 Å². The first-order valence-electron chi connectivity index (χ1n) is 7.47. The summed E-state index contributed by atoms with van der Waals surface area (Å²) < 4.78 is 0.636. The molecule has 1 N–H and O–H groups in total. The average molecular weight is 446 g/mol. The molecule has 3 aliphatic rings. The fourth-order valence-electron chi connectivity index (χ4n) is 4.41. The van der Waals surface area contributed by atoms with Gasteiger partial charge in [-0.2, -0.15) is 0 Å². The molecule has 4 rings (SSSR count). The van der Waals surface area contributed by atoms with Crippen molar-refractivity contribution in [3.8, 4) is 0 Å². The minimum Gasteiger partial charge on any atom is -0.324 e. The summed E-state index contributed by atoms with van der Waals surface area (Å²) in [4.78, 5) is 23.6. The Balaban J connectivity index is 1.92. The predicted octanol–water partition coefficient (Wildman–Crippen LogP) is 4.89. The Morgan fingerprint density at radius 3 is 2.48 bits per heavy atom. The van der Waals surface area contributed by atoms with Crippen LogP contribution in [0.4, 0.5) is 11.4 Å². The summed E-state index contributed by atoms with van der Waals surface area (Å²) >= 11 is 7.08. The second-order valence-corrected chi connectivity index (χ2v) is 9.02. The molecule has 3 aliphatic carbocycles. The van der Waals surface area contributed by atoms with E-state index in [9.17, 15) is 14.9 Å². The van der Waals surface area contributed by atoms with Crippen molar-refractivity contribution in [2.45, 2.75) is 38.4 Å². The van der Waals surface area contributed by atoms with Gasteiger partial charge in [-0.1, -0.05) is 36.7 Å². The third kappa shape index (κ3) is 1.92. The van der Waals surface area contributed by atoms with Gasteiger partial charge < -0.3 is 5.32 Å². The lowest BCUT2D eigenvalue weighted by Crippen LogP contribution is -2.68. The van der Waals surface area contributed by atoms with Crippen LogP contribution in [0.25, 0.3) is 0 Å². The number of carbonyl (C=O) groups is 1. The summed E-state index contributed by atoms with van der Waals surface area (Å²) in [6.45, 7) is 6.49. The van der Waals surface area contributed by atoms with E-state index in [1.54, 1.807) is 6.07 Å². The smallest absolute Gasteiger partial charge is 0.271 e. The van der Waals surface area contributed by atoms with Crippen LogP contribution in [0.1, 0.15) is 33.6 Å². The number of non-ortho nitro benzene ring substituents is 1. The Morgan fingerprint density at radius 2 is 2.00 bits per heavy atom. The highest BCUT2D eigenvalue weighted by atomic mass is 79.9. The summed E-state index contributed by atoms with van der Waals surface area (Å²) in [5.74, 6) is -0.0689. The topological polar surface area (TPSA) is 72.2 Å². The van der Waals surface area contributed by atoms with Crippen LogP contribution in [0.3, 0.4) is 0 Å². The molecule has 0 aromatic heterocycles. The molecule has 0 saturated heterocycles. The zero-order valence-electron chi connectivity index (χ0n) is 13.2. The number of benzene rings is 1. The molecule has 0 radical (unpaired) electrons. The summed E-state index contributed by atoms with van der Waals surface area (Å²) in [5.41, 5.74) is -0.100. The summed E-state index contributed by atoms with van der Waals surface area (Å²) in [6.07, 6.45) is 1.82. The fraction of sp³-hybridized carbons (Fsp3) is 0.562. The molecule has 2 bridgehead atoms. The molecule has 3 atom stereocenters. The van der Waals surface area contributed by atoms with Crippen LogP contribution >= 0.6 is 31.9 Å². The van der Waals surface area contributed by atoms with Gasteiger partial charge in [-0.25, -0.2) is 0 Å². The van der Waals surface area contributed by atoms with Crippen molar-refractivity contribution >= 4 is 49.1 Å². The minimum atomic E-state index is -0.480. The van der Waals surface area contributed by atoms with Crippen molar-refractivity contribution in [2.75, 3.05) is 5.32 Å². The van der Waals surface area contributed by atoms with E-state index < -0.39 is 10.3 Å². The Labute approximate surface area is 151 Å². The lowest BCUT2D eigenvalue weighted by atomic mass is 9.43. The van der Waals surface area contributed by atoms with E-state index >= 15 is 0 Å². The first-order chi connectivity index (χ1) is 10.6. The predicted molar refractivity (Wildman–Crippen MR) is 95.7 cm³/mol. The quantitative estimate of drug-likeness (QED) is 0.409. The van der Waals surface area contributed by atoms with Gasteiger partial charge in [0.25, 0.3) is 5.69 Å². The standard InChI is InChI=1S/C16H18Br2N2O3/c1-14(2)15(3)6-7-16(14,12(15)18)13(21)19-11-8-9(20(22)23)4-5-10(11)17/h4-5,8,12H,6-7H2,1-3H3,(H,19,21). The van der Waals surface area contributed by atoms with E-state index in [0.29, 0.717) is 10.2 Å². The summed E-state index contributed by atoms with van der Waals surface area (Å²) in [6, 6.07) is 4.38. The first kappa shape index (κ1) is 16.9. The van der Waals surface area contributed by atoms with Gasteiger partial charge in [0.2, 0.25) is 5.91 Å². The third-order valence-electron chi connectivity index (χ3n) is 6.39.